The van der Waals surface area contributed by atoms with E-state index in [1.54, 1.807) is 18.3 Å². The van der Waals surface area contributed by atoms with Crippen LogP contribution in [0.4, 0.5) is 10.5 Å². The van der Waals surface area contributed by atoms with E-state index < -0.39 is 0 Å². The summed E-state index contributed by atoms with van der Waals surface area (Å²) in [5.41, 5.74) is 4.15. The molecule has 0 unspecified atom stereocenters. The molecule has 1 atom stereocenters. The normalized spacial score (nSPS) is 18.8. The molecule has 1 N–H and O–H groups in total. The van der Waals surface area contributed by atoms with Crippen molar-refractivity contribution in [3.05, 3.63) is 57.9 Å². The molecule has 188 valence electrons. The SMILES string of the molecule is Cc1ccc(C(=O)Nc2cc(Cl)cc(CN3CCN(C(=O)N(C)CC4CCC4)[C@@H](C)C3)c2C)cn1. The number of piperazine rings is 1. The summed E-state index contributed by atoms with van der Waals surface area (Å²) in [6.07, 6.45) is 5.35. The summed E-state index contributed by atoms with van der Waals surface area (Å²) in [6.45, 7) is 9.90. The van der Waals surface area contributed by atoms with Gasteiger partial charge in [-0.05, 0) is 74.9 Å². The third-order valence-electron chi connectivity index (χ3n) is 7.34. The highest BCUT2D eigenvalue weighted by Gasteiger charge is 2.31. The Hall–Kier alpha value is -2.64. The topological polar surface area (TPSA) is 68.8 Å². The molecule has 1 saturated heterocycles. The minimum atomic E-state index is -0.208. The van der Waals surface area contributed by atoms with Crippen LogP contribution in [0.5, 0.6) is 0 Å². The van der Waals surface area contributed by atoms with Gasteiger partial charge in [0.05, 0.1) is 5.56 Å². The molecule has 2 aromatic rings. The Morgan fingerprint density at radius 1 is 1.20 bits per heavy atom. The number of nitrogens with zero attached hydrogens (tertiary/aromatic N) is 4. The highest BCUT2D eigenvalue weighted by atomic mass is 35.5. The van der Waals surface area contributed by atoms with Crippen molar-refractivity contribution in [3.63, 3.8) is 0 Å². The summed E-state index contributed by atoms with van der Waals surface area (Å²) < 4.78 is 0. The van der Waals surface area contributed by atoms with Crippen LogP contribution in [0.15, 0.2) is 30.5 Å². The highest BCUT2D eigenvalue weighted by molar-refractivity contribution is 6.31. The lowest BCUT2D eigenvalue weighted by molar-refractivity contribution is 0.0763. The van der Waals surface area contributed by atoms with E-state index in [4.69, 9.17) is 11.6 Å². The third-order valence-corrected chi connectivity index (χ3v) is 7.55. The molecule has 7 nitrogen and oxygen atoms in total. The Labute approximate surface area is 213 Å². The fraction of sp³-hybridized carbons (Fsp3) is 0.519. The summed E-state index contributed by atoms with van der Waals surface area (Å²) in [4.78, 5) is 36.2. The maximum atomic E-state index is 13.0. The highest BCUT2D eigenvalue weighted by Crippen LogP contribution is 2.29. The van der Waals surface area contributed by atoms with Crippen LogP contribution in [-0.2, 0) is 6.54 Å². The van der Waals surface area contributed by atoms with Crippen molar-refractivity contribution in [2.45, 2.75) is 52.6 Å². The number of anilines is 1. The van der Waals surface area contributed by atoms with Gasteiger partial charge >= 0.3 is 6.03 Å². The molecular formula is C27H36ClN5O2. The summed E-state index contributed by atoms with van der Waals surface area (Å²) in [5.74, 6) is 0.462. The van der Waals surface area contributed by atoms with Crippen molar-refractivity contribution in [1.29, 1.82) is 0 Å². The van der Waals surface area contributed by atoms with Crippen LogP contribution >= 0.6 is 11.6 Å². The van der Waals surface area contributed by atoms with Crippen molar-refractivity contribution in [2.24, 2.45) is 5.92 Å². The third kappa shape index (κ3) is 6.14. The first-order chi connectivity index (χ1) is 16.7. The summed E-state index contributed by atoms with van der Waals surface area (Å²) in [7, 11) is 1.93. The Bertz CT molecular complexity index is 1070. The van der Waals surface area contributed by atoms with Gasteiger partial charge < -0.3 is 15.1 Å². The van der Waals surface area contributed by atoms with Crippen LogP contribution in [0.3, 0.4) is 0 Å². The monoisotopic (exact) mass is 497 g/mol. The number of nitrogens with one attached hydrogen (secondary N) is 1. The second kappa shape index (κ2) is 11.0. The zero-order chi connectivity index (χ0) is 25.1. The second-order valence-corrected chi connectivity index (χ2v) is 10.6. The number of carbonyl (C=O) groups excluding carboxylic acids is 2. The zero-order valence-electron chi connectivity index (χ0n) is 21.2. The first-order valence-corrected chi connectivity index (χ1v) is 12.9. The molecule has 1 saturated carbocycles. The minimum absolute atomic E-state index is 0.132. The number of aromatic nitrogens is 1. The van der Waals surface area contributed by atoms with E-state index in [0.717, 1.165) is 36.5 Å². The molecular weight excluding hydrogens is 462 g/mol. The molecule has 0 bridgehead atoms. The van der Waals surface area contributed by atoms with Gasteiger partial charge in [-0.3, -0.25) is 14.7 Å². The molecule has 3 amide bonds. The van der Waals surface area contributed by atoms with Crippen molar-refractivity contribution >= 4 is 29.2 Å². The lowest BCUT2D eigenvalue weighted by Crippen LogP contribution is -2.57. The molecule has 8 heteroatoms. The number of hydrogen-bond acceptors (Lipinski definition) is 4. The number of aryl methyl sites for hydroxylation is 1. The Kier molecular flexibility index (Phi) is 7.97. The van der Waals surface area contributed by atoms with Crippen LogP contribution < -0.4 is 5.32 Å². The number of hydrogen-bond donors (Lipinski definition) is 1. The summed E-state index contributed by atoms with van der Waals surface area (Å²) >= 11 is 6.44. The molecule has 35 heavy (non-hydrogen) atoms. The number of amides is 3. The van der Waals surface area contributed by atoms with Crippen LogP contribution in [0.2, 0.25) is 5.02 Å². The smallest absolute Gasteiger partial charge is 0.320 e. The van der Waals surface area contributed by atoms with Gasteiger partial charge in [0, 0.05) is 68.4 Å². The summed E-state index contributed by atoms with van der Waals surface area (Å²) in [6, 6.07) is 7.61. The van der Waals surface area contributed by atoms with Gasteiger partial charge in [-0.2, -0.15) is 0 Å². The van der Waals surface area contributed by atoms with Crippen molar-refractivity contribution in [3.8, 4) is 0 Å². The standard InChI is InChI=1S/C27H36ClN5O2/c1-18-8-9-22(14-29-18)26(34)30-25-13-24(28)12-23(20(25)3)17-32-10-11-33(19(2)15-32)27(35)31(4)16-21-6-5-7-21/h8-9,12-14,19,21H,5-7,10-11,15-17H2,1-4H3,(H,30,34)/t19-/m0/s1. The molecule has 4 rings (SSSR count). The Morgan fingerprint density at radius 3 is 2.60 bits per heavy atom. The predicted octanol–water partition coefficient (Wildman–Crippen LogP) is 4.96. The lowest BCUT2D eigenvalue weighted by Gasteiger charge is -2.42. The Morgan fingerprint density at radius 2 is 1.97 bits per heavy atom. The van der Waals surface area contributed by atoms with Gasteiger partial charge in [-0.25, -0.2) is 4.79 Å². The van der Waals surface area contributed by atoms with Crippen molar-refractivity contribution < 1.29 is 9.59 Å². The fourth-order valence-electron chi connectivity index (χ4n) is 4.89. The van der Waals surface area contributed by atoms with Crippen LogP contribution in [-0.4, -0.2) is 70.9 Å². The quantitative estimate of drug-likeness (QED) is 0.612. The molecule has 1 aliphatic carbocycles. The largest absolute Gasteiger partial charge is 0.327 e. The maximum absolute atomic E-state index is 13.0. The zero-order valence-corrected chi connectivity index (χ0v) is 21.9. The number of carbonyl (C=O) groups is 2. The van der Waals surface area contributed by atoms with Gasteiger partial charge in [0.15, 0.2) is 0 Å². The molecule has 2 fully saturated rings. The number of halogens is 1. The molecule has 1 aromatic carbocycles. The fourth-order valence-corrected chi connectivity index (χ4v) is 5.13. The first-order valence-electron chi connectivity index (χ1n) is 12.5. The van der Waals surface area contributed by atoms with E-state index in [2.05, 4.69) is 22.1 Å². The summed E-state index contributed by atoms with van der Waals surface area (Å²) in [5, 5.41) is 3.58. The molecule has 2 heterocycles. The molecule has 0 radical (unpaired) electrons. The van der Waals surface area contributed by atoms with Gasteiger partial charge in [0.1, 0.15) is 0 Å². The van der Waals surface area contributed by atoms with Crippen molar-refractivity contribution in [1.82, 2.24) is 19.7 Å². The van der Waals surface area contributed by atoms with Gasteiger partial charge in [0.2, 0.25) is 0 Å². The molecule has 1 aliphatic heterocycles. The van der Waals surface area contributed by atoms with Gasteiger partial charge in [0.25, 0.3) is 5.91 Å². The molecule has 1 aromatic heterocycles. The Balaban J connectivity index is 1.38. The molecule has 0 spiro atoms. The predicted molar refractivity (Wildman–Crippen MR) is 140 cm³/mol. The van der Waals surface area contributed by atoms with E-state index in [1.807, 2.05) is 42.8 Å². The molecule has 2 aliphatic rings. The number of pyridine rings is 1. The van der Waals surface area contributed by atoms with E-state index in [1.165, 1.54) is 19.3 Å². The lowest BCUT2D eigenvalue weighted by atomic mass is 9.85. The van der Waals surface area contributed by atoms with Gasteiger partial charge in [-0.15, -0.1) is 0 Å². The van der Waals surface area contributed by atoms with E-state index >= 15 is 0 Å². The number of urea groups is 1. The van der Waals surface area contributed by atoms with E-state index in [-0.39, 0.29) is 18.0 Å². The number of benzene rings is 1. The maximum Gasteiger partial charge on any atom is 0.320 e. The minimum Gasteiger partial charge on any atom is -0.327 e. The first kappa shape index (κ1) is 25.5. The van der Waals surface area contributed by atoms with E-state index in [9.17, 15) is 9.59 Å². The van der Waals surface area contributed by atoms with Gasteiger partial charge in [-0.1, -0.05) is 18.0 Å². The number of rotatable bonds is 6. The van der Waals surface area contributed by atoms with E-state index in [0.29, 0.717) is 35.3 Å². The second-order valence-electron chi connectivity index (χ2n) is 10.1. The van der Waals surface area contributed by atoms with Crippen molar-refractivity contribution in [2.75, 3.05) is 38.5 Å². The van der Waals surface area contributed by atoms with Crippen LogP contribution in [0, 0.1) is 19.8 Å². The van der Waals surface area contributed by atoms with Crippen LogP contribution in [0.1, 0.15) is 53.4 Å². The average Bonchev–Trinajstić information content (AvgIpc) is 2.79. The van der Waals surface area contributed by atoms with Crippen LogP contribution in [0.25, 0.3) is 0 Å². The average molecular weight is 498 g/mol.